The fourth-order valence-electron chi connectivity index (χ4n) is 6.72. The summed E-state index contributed by atoms with van der Waals surface area (Å²) in [5.41, 5.74) is 1.51. The fourth-order valence-corrected chi connectivity index (χ4v) is 6.72. The van der Waals surface area contributed by atoms with Crippen LogP contribution in [0, 0.1) is 11.8 Å². The highest BCUT2D eigenvalue weighted by Crippen LogP contribution is 2.49. The minimum Gasteiger partial charge on any atom is -0.488 e. The van der Waals surface area contributed by atoms with Crippen molar-refractivity contribution in [3.8, 4) is 5.75 Å². The van der Waals surface area contributed by atoms with Crippen LogP contribution in [0.15, 0.2) is 18.2 Å². The highest BCUT2D eigenvalue weighted by Gasteiger charge is 2.53. The number of carbonyl (C=O) groups excluding carboxylic acids is 3. The van der Waals surface area contributed by atoms with Crippen molar-refractivity contribution >= 4 is 17.7 Å². The second kappa shape index (κ2) is 8.09. The van der Waals surface area contributed by atoms with E-state index in [1.165, 1.54) is 19.3 Å². The molecule has 2 aliphatic carbocycles. The highest BCUT2D eigenvalue weighted by molar-refractivity contribution is 6.05. The van der Waals surface area contributed by atoms with Gasteiger partial charge in [0.25, 0.3) is 5.91 Å². The second-order valence-electron chi connectivity index (χ2n) is 10.2. The summed E-state index contributed by atoms with van der Waals surface area (Å²) in [5.74, 6) is 1.28. The molecule has 3 amide bonds. The van der Waals surface area contributed by atoms with Gasteiger partial charge >= 0.3 is 0 Å². The average molecular weight is 454 g/mol. The molecule has 8 heteroatoms. The van der Waals surface area contributed by atoms with Gasteiger partial charge in [0.05, 0.1) is 6.10 Å². The summed E-state index contributed by atoms with van der Waals surface area (Å²) in [6.45, 7) is 5.16. The largest absolute Gasteiger partial charge is 0.488 e. The van der Waals surface area contributed by atoms with E-state index in [4.69, 9.17) is 9.47 Å². The van der Waals surface area contributed by atoms with Gasteiger partial charge in [-0.1, -0.05) is 0 Å². The minimum absolute atomic E-state index is 0.147. The Labute approximate surface area is 193 Å². The minimum atomic E-state index is -0.591. The lowest BCUT2D eigenvalue weighted by Gasteiger charge is -2.47. The molecule has 2 bridgehead atoms. The molecule has 0 spiro atoms. The number of fused-ring (bicyclic) bond motifs is 3. The highest BCUT2D eigenvalue weighted by atomic mass is 16.5. The lowest BCUT2D eigenvalue weighted by molar-refractivity contribution is -0.136. The Hall–Kier alpha value is -2.45. The molecule has 2 saturated heterocycles. The maximum atomic E-state index is 13.0. The lowest BCUT2D eigenvalue weighted by Crippen LogP contribution is -2.61. The van der Waals surface area contributed by atoms with Gasteiger partial charge in [-0.05, 0) is 68.2 Å². The van der Waals surface area contributed by atoms with Gasteiger partial charge in [-0.2, -0.15) is 0 Å². The summed E-state index contributed by atoms with van der Waals surface area (Å²) in [5, 5.41) is 2.36. The van der Waals surface area contributed by atoms with Gasteiger partial charge < -0.3 is 14.4 Å². The molecule has 1 aromatic rings. The standard InChI is InChI=1S/C25H31N3O5/c1-2-32-18-12-27(13-18)22-14-3-4-15(9-14)23(22)33-17-5-6-19-16(10-17)11-28(25(19)31)20-7-8-21(29)26-24(20)30/h5-6,10,14-15,18,20,22-23H,2-4,7-9,11-13H2,1H3,(H,26,29,30)/t14-,15+,20?,22-,23-/m0/s1. The van der Waals surface area contributed by atoms with Crippen LogP contribution in [0.5, 0.6) is 5.75 Å². The number of imide groups is 1. The normalized spacial score (nSPS) is 33.9. The van der Waals surface area contributed by atoms with Crippen molar-refractivity contribution in [3.63, 3.8) is 0 Å². The van der Waals surface area contributed by atoms with E-state index in [1.807, 2.05) is 25.1 Å². The molecule has 8 nitrogen and oxygen atoms in total. The fraction of sp³-hybridized carbons (Fsp3) is 0.640. The van der Waals surface area contributed by atoms with Crippen LogP contribution in [0.3, 0.4) is 0 Å². The summed E-state index contributed by atoms with van der Waals surface area (Å²) in [4.78, 5) is 40.9. The third-order valence-corrected chi connectivity index (χ3v) is 8.27. The monoisotopic (exact) mass is 453 g/mol. The molecule has 33 heavy (non-hydrogen) atoms. The van der Waals surface area contributed by atoms with Crippen molar-refractivity contribution in [2.45, 2.75) is 69.9 Å². The Balaban J connectivity index is 1.16. The number of nitrogens with zero attached hydrogens (tertiary/aromatic N) is 2. The van der Waals surface area contributed by atoms with Crippen LogP contribution in [-0.2, 0) is 20.9 Å². The first kappa shape index (κ1) is 21.1. The predicted molar refractivity (Wildman–Crippen MR) is 119 cm³/mol. The summed E-state index contributed by atoms with van der Waals surface area (Å²) in [6.07, 6.45) is 4.90. The number of hydrogen-bond donors (Lipinski definition) is 1. The maximum Gasteiger partial charge on any atom is 0.255 e. The number of piperidine rings is 1. The van der Waals surface area contributed by atoms with Gasteiger partial charge in [0.15, 0.2) is 0 Å². The first-order chi connectivity index (χ1) is 16.0. The number of carbonyl (C=O) groups is 3. The van der Waals surface area contributed by atoms with Crippen LogP contribution in [0.4, 0.5) is 0 Å². The summed E-state index contributed by atoms with van der Waals surface area (Å²) >= 11 is 0. The number of benzene rings is 1. The smallest absolute Gasteiger partial charge is 0.255 e. The van der Waals surface area contributed by atoms with Crippen LogP contribution in [-0.4, -0.2) is 71.5 Å². The van der Waals surface area contributed by atoms with E-state index in [2.05, 4.69) is 10.2 Å². The molecule has 6 rings (SSSR count). The second-order valence-corrected chi connectivity index (χ2v) is 10.2. The first-order valence-electron chi connectivity index (χ1n) is 12.3. The molecule has 5 aliphatic rings. The third kappa shape index (κ3) is 3.54. The number of hydrogen-bond acceptors (Lipinski definition) is 6. The quantitative estimate of drug-likeness (QED) is 0.660. The molecule has 1 N–H and O–H groups in total. The SMILES string of the molecule is CCOC1CN([C@H]2[C@H]3CC[C@H](C3)[C@@H]2Oc2ccc3c(c2)CN(C2CCC(=O)NC2=O)C3=O)C1. The number of nitrogens with one attached hydrogen (secondary N) is 1. The van der Waals surface area contributed by atoms with Crippen LogP contribution in [0.2, 0.25) is 0 Å². The van der Waals surface area contributed by atoms with Crippen LogP contribution < -0.4 is 10.1 Å². The molecule has 1 aromatic carbocycles. The van der Waals surface area contributed by atoms with Crippen molar-refractivity contribution in [1.82, 2.24) is 15.1 Å². The van der Waals surface area contributed by atoms with E-state index in [9.17, 15) is 14.4 Å². The van der Waals surface area contributed by atoms with Crippen molar-refractivity contribution in [2.75, 3.05) is 19.7 Å². The van der Waals surface area contributed by atoms with E-state index in [0.717, 1.165) is 31.0 Å². The van der Waals surface area contributed by atoms with Gasteiger partial charge in [0.2, 0.25) is 11.8 Å². The Morgan fingerprint density at radius 1 is 1.09 bits per heavy atom. The summed E-state index contributed by atoms with van der Waals surface area (Å²) < 4.78 is 12.4. The molecule has 4 fully saturated rings. The van der Waals surface area contributed by atoms with Crippen LogP contribution >= 0.6 is 0 Å². The molecule has 5 atom stereocenters. The van der Waals surface area contributed by atoms with Crippen molar-refractivity contribution in [2.24, 2.45) is 11.8 Å². The van der Waals surface area contributed by atoms with Gasteiger partial charge in [0, 0.05) is 44.3 Å². The van der Waals surface area contributed by atoms with Crippen molar-refractivity contribution in [3.05, 3.63) is 29.3 Å². The number of amides is 3. The van der Waals surface area contributed by atoms with E-state index in [-0.39, 0.29) is 30.2 Å². The molecule has 1 unspecified atom stereocenters. The van der Waals surface area contributed by atoms with Gasteiger partial charge in [0.1, 0.15) is 17.9 Å². The molecule has 176 valence electrons. The maximum absolute atomic E-state index is 13.0. The van der Waals surface area contributed by atoms with E-state index in [1.54, 1.807) is 4.90 Å². The molecule has 2 saturated carbocycles. The van der Waals surface area contributed by atoms with Crippen LogP contribution in [0.1, 0.15) is 54.9 Å². The summed E-state index contributed by atoms with van der Waals surface area (Å²) in [7, 11) is 0. The zero-order valence-electron chi connectivity index (χ0n) is 19.0. The lowest BCUT2D eigenvalue weighted by atomic mass is 9.89. The Kier molecular flexibility index (Phi) is 5.18. The van der Waals surface area contributed by atoms with Crippen LogP contribution in [0.25, 0.3) is 0 Å². The number of ether oxygens (including phenoxy) is 2. The Morgan fingerprint density at radius 2 is 1.91 bits per heavy atom. The number of likely N-dealkylation sites (tertiary alicyclic amines) is 1. The van der Waals surface area contributed by atoms with Gasteiger partial charge in [-0.15, -0.1) is 0 Å². The third-order valence-electron chi connectivity index (χ3n) is 8.27. The topological polar surface area (TPSA) is 88.2 Å². The van der Waals surface area contributed by atoms with Crippen molar-refractivity contribution < 1.29 is 23.9 Å². The zero-order chi connectivity index (χ0) is 22.7. The molecular weight excluding hydrogens is 422 g/mol. The van der Waals surface area contributed by atoms with E-state index < -0.39 is 6.04 Å². The zero-order valence-corrected chi connectivity index (χ0v) is 19.0. The predicted octanol–water partition coefficient (Wildman–Crippen LogP) is 1.71. The summed E-state index contributed by atoms with van der Waals surface area (Å²) in [6, 6.07) is 5.55. The van der Waals surface area contributed by atoms with E-state index >= 15 is 0 Å². The van der Waals surface area contributed by atoms with E-state index in [0.29, 0.717) is 42.5 Å². The molecule has 0 radical (unpaired) electrons. The Morgan fingerprint density at radius 3 is 2.70 bits per heavy atom. The Bertz CT molecular complexity index is 990. The average Bonchev–Trinajstić information content (AvgIpc) is 3.45. The molecule has 0 aromatic heterocycles. The van der Waals surface area contributed by atoms with Crippen molar-refractivity contribution in [1.29, 1.82) is 0 Å². The molecular formula is C25H31N3O5. The van der Waals surface area contributed by atoms with Gasteiger partial charge in [-0.3, -0.25) is 24.6 Å². The van der Waals surface area contributed by atoms with Gasteiger partial charge in [-0.25, -0.2) is 0 Å². The molecule has 3 heterocycles. The number of rotatable bonds is 6. The first-order valence-corrected chi connectivity index (χ1v) is 12.3. The molecule has 3 aliphatic heterocycles.